The Morgan fingerprint density at radius 1 is 0.842 bits per heavy atom. The van der Waals surface area contributed by atoms with Gasteiger partial charge in [0, 0.05) is 29.3 Å². The number of carboxylic acids is 1. The molecule has 0 fully saturated rings. The van der Waals surface area contributed by atoms with Crippen molar-refractivity contribution in [3.63, 3.8) is 0 Å². The number of carboxylic acid groups (broad SMARTS) is 1. The van der Waals surface area contributed by atoms with Gasteiger partial charge in [0.25, 0.3) is 0 Å². The molecular formula is C26H31N5O6S. The van der Waals surface area contributed by atoms with Gasteiger partial charge in [0.05, 0.1) is 12.6 Å². The topological polar surface area (TPSA) is 187 Å². The summed E-state index contributed by atoms with van der Waals surface area (Å²) in [6.07, 6.45) is 1.90. The Balaban J connectivity index is 1.59. The summed E-state index contributed by atoms with van der Waals surface area (Å²) in [4.78, 5) is 53.0. The summed E-state index contributed by atoms with van der Waals surface area (Å²) in [6.45, 7) is -0.794. The third-order valence-corrected chi connectivity index (χ3v) is 6.35. The zero-order valence-electron chi connectivity index (χ0n) is 20.5. The minimum absolute atomic E-state index is 0.0220. The van der Waals surface area contributed by atoms with E-state index in [0.717, 1.165) is 16.5 Å². The van der Waals surface area contributed by atoms with E-state index in [-0.39, 0.29) is 18.6 Å². The van der Waals surface area contributed by atoms with Gasteiger partial charge in [0.2, 0.25) is 17.7 Å². The number of carbonyl (C=O) groups is 4. The first-order chi connectivity index (χ1) is 18.2. The van der Waals surface area contributed by atoms with E-state index in [2.05, 4.69) is 33.6 Å². The highest BCUT2D eigenvalue weighted by Crippen LogP contribution is 2.19. The fourth-order valence-corrected chi connectivity index (χ4v) is 4.15. The second-order valence-corrected chi connectivity index (χ2v) is 9.11. The number of nitrogens with one attached hydrogen (secondary N) is 4. The van der Waals surface area contributed by atoms with E-state index in [0.29, 0.717) is 5.56 Å². The first-order valence-electron chi connectivity index (χ1n) is 11.9. The monoisotopic (exact) mass is 541 g/mol. The second-order valence-electron chi connectivity index (χ2n) is 8.75. The van der Waals surface area contributed by atoms with Gasteiger partial charge in [-0.25, -0.2) is 4.79 Å². The van der Waals surface area contributed by atoms with Gasteiger partial charge in [-0.15, -0.1) is 0 Å². The highest BCUT2D eigenvalue weighted by atomic mass is 32.1. The van der Waals surface area contributed by atoms with Crippen molar-refractivity contribution in [2.75, 3.05) is 12.4 Å². The maximum atomic E-state index is 12.8. The quantitative estimate of drug-likeness (QED) is 0.137. The number of H-pyrrole nitrogens is 1. The van der Waals surface area contributed by atoms with Gasteiger partial charge in [-0.3, -0.25) is 14.4 Å². The summed E-state index contributed by atoms with van der Waals surface area (Å²) in [7, 11) is 0. The smallest absolute Gasteiger partial charge is 0.326 e. The Bertz CT molecular complexity index is 1270. The number of fused-ring (bicyclic) bond motifs is 1. The van der Waals surface area contributed by atoms with Crippen molar-refractivity contribution in [3.05, 3.63) is 71.9 Å². The molecule has 0 aliphatic heterocycles. The van der Waals surface area contributed by atoms with Crippen LogP contribution in [0, 0.1) is 0 Å². The fraction of sp³-hybridized carbons (Fsp3) is 0.308. The average molecular weight is 542 g/mol. The Kier molecular flexibility index (Phi) is 10.3. The highest BCUT2D eigenvalue weighted by Gasteiger charge is 2.30. The Morgan fingerprint density at radius 3 is 2.11 bits per heavy atom. The van der Waals surface area contributed by atoms with Crippen molar-refractivity contribution in [2.24, 2.45) is 5.73 Å². The summed E-state index contributed by atoms with van der Waals surface area (Å²) in [5, 5.41) is 27.4. The highest BCUT2D eigenvalue weighted by molar-refractivity contribution is 7.80. The molecule has 0 aliphatic carbocycles. The number of aromatic nitrogens is 1. The van der Waals surface area contributed by atoms with E-state index in [1.54, 1.807) is 6.20 Å². The normalized spacial score (nSPS) is 14.2. The third-order valence-electron chi connectivity index (χ3n) is 5.98. The zero-order chi connectivity index (χ0) is 27.7. The van der Waals surface area contributed by atoms with Gasteiger partial charge in [-0.2, -0.15) is 12.6 Å². The van der Waals surface area contributed by atoms with E-state index in [1.807, 2.05) is 54.6 Å². The molecule has 0 bridgehead atoms. The van der Waals surface area contributed by atoms with Crippen molar-refractivity contribution >= 4 is 47.2 Å². The lowest BCUT2D eigenvalue weighted by atomic mass is 10.0. The molecule has 0 saturated heterocycles. The number of aliphatic hydroxyl groups excluding tert-OH is 1. The number of aliphatic hydroxyl groups is 1. The molecule has 3 aromatic rings. The van der Waals surface area contributed by atoms with Crippen LogP contribution < -0.4 is 21.7 Å². The lowest BCUT2D eigenvalue weighted by Gasteiger charge is -2.23. The molecule has 3 amide bonds. The van der Waals surface area contributed by atoms with Gasteiger partial charge in [-0.05, 0) is 23.6 Å². The molecule has 1 aromatic heterocycles. The van der Waals surface area contributed by atoms with Crippen LogP contribution in [0.5, 0.6) is 0 Å². The minimum atomic E-state index is -1.45. The molecule has 202 valence electrons. The summed E-state index contributed by atoms with van der Waals surface area (Å²) in [6, 6.07) is 11.6. The maximum absolute atomic E-state index is 12.8. The Morgan fingerprint density at radius 2 is 1.45 bits per heavy atom. The summed E-state index contributed by atoms with van der Waals surface area (Å²) >= 11 is 4.10. The predicted octanol–water partition coefficient (Wildman–Crippen LogP) is -0.258. The number of benzene rings is 2. The zero-order valence-corrected chi connectivity index (χ0v) is 21.4. The number of carbonyl (C=O) groups excluding carboxylic acids is 3. The van der Waals surface area contributed by atoms with Gasteiger partial charge in [0.1, 0.15) is 18.1 Å². The molecule has 3 rings (SSSR count). The number of hydrogen-bond acceptors (Lipinski definition) is 7. The van der Waals surface area contributed by atoms with Crippen molar-refractivity contribution in [3.8, 4) is 0 Å². The molecule has 1 heterocycles. The van der Waals surface area contributed by atoms with Gasteiger partial charge in [0.15, 0.2) is 0 Å². The summed E-state index contributed by atoms with van der Waals surface area (Å²) in [5.41, 5.74) is 8.32. The standard InChI is InChI=1S/C26H31N5O6S/c27-18(10-15-6-2-1-3-7-15)23(33)31-22(14-38)25(35)30-21(13-32)24(34)29-20(26(36)37)11-16-12-28-19-9-5-4-8-17(16)19/h1-9,12,18,20-22,28,32,38H,10-11,13-14,27H2,(H,29,34)(H,30,35)(H,31,33)(H,36,37). The molecule has 4 unspecified atom stereocenters. The number of aliphatic carboxylic acids is 1. The van der Waals surface area contributed by atoms with Crippen LogP contribution in [0.2, 0.25) is 0 Å². The van der Waals surface area contributed by atoms with Crippen molar-refractivity contribution < 1.29 is 29.4 Å². The van der Waals surface area contributed by atoms with E-state index >= 15 is 0 Å². The molecule has 12 heteroatoms. The molecule has 0 radical (unpaired) electrons. The van der Waals surface area contributed by atoms with E-state index in [4.69, 9.17) is 5.73 Å². The van der Waals surface area contributed by atoms with Crippen LogP contribution in [0.3, 0.4) is 0 Å². The molecular weight excluding hydrogens is 510 g/mol. The average Bonchev–Trinajstić information content (AvgIpc) is 3.32. The molecule has 4 atom stereocenters. The molecule has 8 N–H and O–H groups in total. The number of amides is 3. The molecule has 11 nitrogen and oxygen atoms in total. The number of rotatable bonds is 13. The molecule has 0 saturated carbocycles. The lowest BCUT2D eigenvalue weighted by molar-refractivity contribution is -0.142. The summed E-state index contributed by atoms with van der Waals surface area (Å²) in [5.74, 6) is -3.64. The third kappa shape index (κ3) is 7.57. The number of thiol groups is 1. The SMILES string of the molecule is NC(Cc1ccccc1)C(=O)NC(CS)C(=O)NC(CO)C(=O)NC(Cc1c[nH]c2ccccc12)C(=O)O. The number of nitrogens with two attached hydrogens (primary N) is 1. The van der Waals surface area contributed by atoms with Crippen LogP contribution >= 0.6 is 12.6 Å². The molecule has 2 aromatic carbocycles. The van der Waals surface area contributed by atoms with Crippen LogP contribution in [0.25, 0.3) is 10.9 Å². The second kappa shape index (κ2) is 13.6. The van der Waals surface area contributed by atoms with Crippen LogP contribution in [0.15, 0.2) is 60.8 Å². The predicted molar refractivity (Wildman–Crippen MR) is 144 cm³/mol. The first-order valence-corrected chi connectivity index (χ1v) is 12.6. The maximum Gasteiger partial charge on any atom is 0.326 e. The van der Waals surface area contributed by atoms with Crippen LogP contribution in [0.4, 0.5) is 0 Å². The van der Waals surface area contributed by atoms with Crippen molar-refractivity contribution in [1.82, 2.24) is 20.9 Å². The summed E-state index contributed by atoms with van der Waals surface area (Å²) < 4.78 is 0. The number of aromatic amines is 1. The Hall–Kier alpha value is -3.87. The minimum Gasteiger partial charge on any atom is -0.480 e. The van der Waals surface area contributed by atoms with Gasteiger partial charge < -0.3 is 36.9 Å². The molecule has 38 heavy (non-hydrogen) atoms. The van der Waals surface area contributed by atoms with Crippen LogP contribution in [0.1, 0.15) is 11.1 Å². The van der Waals surface area contributed by atoms with Gasteiger partial charge in [-0.1, -0.05) is 48.5 Å². The van der Waals surface area contributed by atoms with Crippen LogP contribution in [-0.2, 0) is 32.0 Å². The number of hydrogen-bond donors (Lipinski definition) is 8. The largest absolute Gasteiger partial charge is 0.480 e. The van der Waals surface area contributed by atoms with Crippen molar-refractivity contribution in [1.29, 1.82) is 0 Å². The van der Waals surface area contributed by atoms with E-state index in [1.165, 1.54) is 0 Å². The lowest BCUT2D eigenvalue weighted by Crippen LogP contribution is -2.58. The first kappa shape index (κ1) is 28.7. The van der Waals surface area contributed by atoms with E-state index in [9.17, 15) is 29.4 Å². The number of para-hydroxylation sites is 1. The van der Waals surface area contributed by atoms with Crippen LogP contribution in [-0.4, -0.2) is 75.4 Å². The molecule has 0 aliphatic rings. The van der Waals surface area contributed by atoms with Gasteiger partial charge >= 0.3 is 5.97 Å². The Labute approximate surface area is 224 Å². The fourth-order valence-electron chi connectivity index (χ4n) is 3.89. The molecule has 0 spiro atoms. The van der Waals surface area contributed by atoms with Crippen molar-refractivity contribution in [2.45, 2.75) is 37.0 Å². The van der Waals surface area contributed by atoms with E-state index < -0.39 is 54.5 Å².